The van der Waals surface area contributed by atoms with E-state index in [2.05, 4.69) is 4.98 Å². The van der Waals surface area contributed by atoms with Crippen molar-refractivity contribution in [3.8, 4) is 12.1 Å². The fourth-order valence-electron chi connectivity index (χ4n) is 1.73. The predicted molar refractivity (Wildman–Crippen MR) is 70.0 cm³/mol. The van der Waals surface area contributed by atoms with Gasteiger partial charge in [0, 0.05) is 27.6 Å². The van der Waals surface area contributed by atoms with E-state index >= 15 is 0 Å². The zero-order chi connectivity index (χ0) is 12.3. The number of hydrogen-bond donors (Lipinski definition) is 1. The lowest BCUT2D eigenvalue weighted by molar-refractivity contribution is 1.45. The Labute approximate surface area is 103 Å². The summed E-state index contributed by atoms with van der Waals surface area (Å²) in [4.78, 5) is 3.85. The van der Waals surface area contributed by atoms with E-state index < -0.39 is 0 Å². The van der Waals surface area contributed by atoms with E-state index in [-0.39, 0.29) is 5.57 Å². The van der Waals surface area contributed by atoms with Crippen LogP contribution < -0.4 is 0 Å². The summed E-state index contributed by atoms with van der Waals surface area (Å²) in [5, 5.41) is 18.9. The number of nitrogens with one attached hydrogen (secondary N) is 1. The van der Waals surface area contributed by atoms with Crippen molar-refractivity contribution < 1.29 is 0 Å². The molecule has 0 unspecified atom stereocenters. The van der Waals surface area contributed by atoms with Crippen molar-refractivity contribution in [2.24, 2.45) is 0 Å². The number of aromatic amines is 1. The topological polar surface area (TPSA) is 63.4 Å². The lowest BCUT2D eigenvalue weighted by Gasteiger charge is -2.01. The summed E-state index contributed by atoms with van der Waals surface area (Å²) < 4.78 is 0. The quantitative estimate of drug-likeness (QED) is 0.818. The van der Waals surface area contributed by atoms with Crippen LogP contribution in [0.1, 0.15) is 5.56 Å². The first-order valence-electron chi connectivity index (χ1n) is 4.96. The second kappa shape index (κ2) is 4.78. The van der Waals surface area contributed by atoms with E-state index in [0.29, 0.717) is 4.91 Å². The van der Waals surface area contributed by atoms with Gasteiger partial charge in [-0.25, -0.2) is 0 Å². The lowest BCUT2D eigenvalue weighted by Crippen LogP contribution is -1.83. The molecule has 0 atom stereocenters. The molecule has 0 amide bonds. The Hall–Kier alpha value is -2.17. The molecule has 17 heavy (non-hydrogen) atoms. The Morgan fingerprint density at radius 3 is 2.59 bits per heavy atom. The number of benzene rings is 1. The Kier molecular flexibility index (Phi) is 3.18. The van der Waals surface area contributed by atoms with Crippen LogP contribution in [0, 0.1) is 22.7 Å². The van der Waals surface area contributed by atoms with Gasteiger partial charge in [0.25, 0.3) is 0 Å². The molecule has 0 saturated heterocycles. The maximum atomic E-state index is 8.94. The van der Waals surface area contributed by atoms with E-state index in [9.17, 15) is 0 Å². The molecule has 0 saturated carbocycles. The van der Waals surface area contributed by atoms with Gasteiger partial charge in [-0.3, -0.25) is 0 Å². The Morgan fingerprint density at radius 2 is 1.94 bits per heavy atom. The molecular weight excluding hydrogens is 230 g/mol. The average molecular weight is 239 g/mol. The van der Waals surface area contributed by atoms with Gasteiger partial charge < -0.3 is 4.98 Å². The summed E-state index contributed by atoms with van der Waals surface area (Å²) in [5.41, 5.74) is 2.07. The molecule has 2 rings (SSSR count). The fraction of sp³-hybridized carbons (Fsp3) is 0.0769. The molecule has 2 aromatic rings. The van der Waals surface area contributed by atoms with Crippen LogP contribution in [-0.2, 0) is 0 Å². The summed E-state index contributed by atoms with van der Waals surface area (Å²) in [7, 11) is 0. The van der Waals surface area contributed by atoms with E-state index in [4.69, 9.17) is 10.5 Å². The minimum atomic E-state index is 0.155. The van der Waals surface area contributed by atoms with Crippen LogP contribution in [-0.4, -0.2) is 11.2 Å². The first kappa shape index (κ1) is 11.3. The van der Waals surface area contributed by atoms with Crippen LogP contribution in [0.3, 0.4) is 0 Å². The number of H-pyrrole nitrogens is 1. The first-order chi connectivity index (χ1) is 8.31. The Bertz CT molecular complexity index is 652. The van der Waals surface area contributed by atoms with Crippen molar-refractivity contribution in [2.75, 3.05) is 6.26 Å². The van der Waals surface area contributed by atoms with Gasteiger partial charge in [-0.2, -0.15) is 10.5 Å². The largest absolute Gasteiger partial charge is 0.361 e. The molecule has 0 spiro atoms. The summed E-state index contributed by atoms with van der Waals surface area (Å²) in [6.45, 7) is 0. The highest BCUT2D eigenvalue weighted by Crippen LogP contribution is 2.33. The number of hydrogen-bond acceptors (Lipinski definition) is 3. The zero-order valence-corrected chi connectivity index (χ0v) is 10.0. The van der Waals surface area contributed by atoms with Crippen LogP contribution in [0.2, 0.25) is 0 Å². The highest BCUT2D eigenvalue weighted by Gasteiger charge is 2.12. The minimum Gasteiger partial charge on any atom is -0.361 e. The normalized spacial score (nSPS) is 9.59. The molecule has 1 N–H and O–H groups in total. The monoisotopic (exact) mass is 239 g/mol. The van der Waals surface area contributed by atoms with Crippen LogP contribution in [0.25, 0.3) is 15.8 Å². The van der Waals surface area contributed by atoms with Gasteiger partial charge >= 0.3 is 0 Å². The number of allylic oxidation sites excluding steroid dienone is 1. The van der Waals surface area contributed by atoms with Gasteiger partial charge in [-0.05, 0) is 12.3 Å². The fourth-order valence-corrected chi connectivity index (χ4v) is 2.42. The van der Waals surface area contributed by atoms with Crippen molar-refractivity contribution in [2.45, 2.75) is 0 Å². The smallest absolute Gasteiger partial charge is 0.143 e. The van der Waals surface area contributed by atoms with Gasteiger partial charge in [0.05, 0.1) is 0 Å². The molecule has 0 aliphatic rings. The van der Waals surface area contributed by atoms with Crippen LogP contribution in [0.4, 0.5) is 0 Å². The summed E-state index contributed by atoms with van der Waals surface area (Å²) in [6.07, 6.45) is 3.71. The van der Waals surface area contributed by atoms with E-state index in [0.717, 1.165) is 16.5 Å². The molecule has 0 aliphatic heterocycles. The molecule has 0 fully saturated rings. The standard InChI is InChI=1S/C13H9N3S/c1-17-13(9(6-14)7-15)11-8-16-12-5-3-2-4-10(11)12/h2-5,8,16H,1H3. The average Bonchev–Trinajstić information content (AvgIpc) is 2.79. The SMILES string of the molecule is CSC(=C(C#N)C#N)c1c[nH]c2ccccc12. The highest BCUT2D eigenvalue weighted by atomic mass is 32.2. The molecule has 0 bridgehead atoms. The number of fused-ring (bicyclic) bond motifs is 1. The molecular formula is C13H9N3S. The highest BCUT2D eigenvalue weighted by molar-refractivity contribution is 8.07. The van der Waals surface area contributed by atoms with Gasteiger partial charge in [0.2, 0.25) is 0 Å². The summed E-state index contributed by atoms with van der Waals surface area (Å²) >= 11 is 1.41. The zero-order valence-electron chi connectivity index (χ0n) is 9.19. The number of nitrogens with zero attached hydrogens (tertiary/aromatic N) is 2. The van der Waals surface area contributed by atoms with Gasteiger partial charge in [0.15, 0.2) is 0 Å². The third-order valence-electron chi connectivity index (χ3n) is 2.49. The number of thioether (sulfide) groups is 1. The van der Waals surface area contributed by atoms with Crippen LogP contribution in [0.15, 0.2) is 36.0 Å². The maximum absolute atomic E-state index is 8.94. The summed E-state index contributed by atoms with van der Waals surface area (Å²) in [5.74, 6) is 0. The Morgan fingerprint density at radius 1 is 1.24 bits per heavy atom. The van der Waals surface area contributed by atoms with E-state index in [1.165, 1.54) is 11.8 Å². The summed E-state index contributed by atoms with van der Waals surface area (Å²) in [6, 6.07) is 11.7. The number of aromatic nitrogens is 1. The maximum Gasteiger partial charge on any atom is 0.143 e. The minimum absolute atomic E-state index is 0.155. The third kappa shape index (κ3) is 1.91. The molecule has 82 valence electrons. The Balaban J connectivity index is 2.73. The molecule has 0 radical (unpaired) electrons. The predicted octanol–water partition coefficient (Wildman–Crippen LogP) is 3.29. The molecule has 3 nitrogen and oxygen atoms in total. The number of para-hydroxylation sites is 1. The number of rotatable bonds is 2. The molecule has 1 aromatic heterocycles. The van der Waals surface area contributed by atoms with Gasteiger partial charge in [-0.15, -0.1) is 11.8 Å². The van der Waals surface area contributed by atoms with Gasteiger partial charge in [0.1, 0.15) is 17.7 Å². The van der Waals surface area contributed by atoms with Crippen LogP contribution >= 0.6 is 11.8 Å². The van der Waals surface area contributed by atoms with Crippen molar-refractivity contribution >= 4 is 27.6 Å². The van der Waals surface area contributed by atoms with Crippen LogP contribution in [0.5, 0.6) is 0 Å². The molecule has 4 heteroatoms. The second-order valence-electron chi connectivity index (χ2n) is 3.38. The number of nitriles is 2. The van der Waals surface area contributed by atoms with Crippen molar-refractivity contribution in [3.05, 3.63) is 41.6 Å². The van der Waals surface area contributed by atoms with Gasteiger partial charge in [-0.1, -0.05) is 18.2 Å². The lowest BCUT2D eigenvalue weighted by atomic mass is 10.1. The van der Waals surface area contributed by atoms with E-state index in [1.54, 1.807) is 0 Å². The van der Waals surface area contributed by atoms with Crippen molar-refractivity contribution in [1.29, 1.82) is 10.5 Å². The second-order valence-corrected chi connectivity index (χ2v) is 4.20. The van der Waals surface area contributed by atoms with Crippen molar-refractivity contribution in [3.63, 3.8) is 0 Å². The molecule has 1 heterocycles. The van der Waals surface area contributed by atoms with E-state index in [1.807, 2.05) is 48.9 Å². The third-order valence-corrected chi connectivity index (χ3v) is 3.32. The molecule has 1 aromatic carbocycles. The molecule has 0 aliphatic carbocycles. The van der Waals surface area contributed by atoms with Crippen molar-refractivity contribution in [1.82, 2.24) is 4.98 Å². The first-order valence-corrected chi connectivity index (χ1v) is 6.19.